The molecule has 170 valence electrons. The number of hydrogen-bond acceptors (Lipinski definition) is 7. The third-order valence-corrected chi connectivity index (χ3v) is 6.20. The summed E-state index contributed by atoms with van der Waals surface area (Å²) in [4.78, 5) is 31.5. The average molecular weight is 465 g/mol. The number of rotatable bonds is 6. The van der Waals surface area contributed by atoms with E-state index in [4.69, 9.17) is 9.47 Å². The van der Waals surface area contributed by atoms with E-state index in [1.54, 1.807) is 48.8 Å². The zero-order valence-electron chi connectivity index (χ0n) is 18.6. The Kier molecular flexibility index (Phi) is 6.46. The molecule has 1 aliphatic rings. The van der Waals surface area contributed by atoms with Crippen LogP contribution < -0.4 is 19.6 Å². The lowest BCUT2D eigenvalue weighted by molar-refractivity contribution is -0.139. The van der Waals surface area contributed by atoms with Crippen molar-refractivity contribution in [2.45, 2.75) is 26.8 Å². The molecule has 2 heterocycles. The number of carbonyl (C=O) groups excluding carboxylic acids is 1. The minimum absolute atomic E-state index is 0.152. The molecule has 0 saturated heterocycles. The number of aromatic hydroxyl groups is 1. The van der Waals surface area contributed by atoms with E-state index in [1.807, 2.05) is 31.2 Å². The van der Waals surface area contributed by atoms with Crippen LogP contribution >= 0.6 is 11.3 Å². The fourth-order valence-electron chi connectivity index (χ4n) is 3.74. The summed E-state index contributed by atoms with van der Waals surface area (Å²) in [5.74, 6) is 0.364. The fourth-order valence-corrected chi connectivity index (χ4v) is 4.79. The maximum atomic E-state index is 13.5. The van der Waals surface area contributed by atoms with Gasteiger partial charge in [0.05, 0.1) is 35.1 Å². The van der Waals surface area contributed by atoms with Crippen LogP contribution in [0.2, 0.25) is 0 Å². The number of fused-ring (bicyclic) bond motifs is 1. The van der Waals surface area contributed by atoms with Crippen molar-refractivity contribution in [2.24, 2.45) is 4.99 Å². The van der Waals surface area contributed by atoms with Gasteiger partial charge in [0.1, 0.15) is 11.5 Å². The first-order chi connectivity index (χ1) is 15.9. The van der Waals surface area contributed by atoms with Crippen LogP contribution in [0.1, 0.15) is 37.9 Å². The van der Waals surface area contributed by atoms with Gasteiger partial charge < -0.3 is 14.6 Å². The summed E-state index contributed by atoms with van der Waals surface area (Å²) in [5, 5.41) is 9.53. The number of phenols is 1. The molecule has 8 heteroatoms. The highest BCUT2D eigenvalue weighted by Gasteiger charge is 2.33. The van der Waals surface area contributed by atoms with E-state index in [-0.39, 0.29) is 17.9 Å². The summed E-state index contributed by atoms with van der Waals surface area (Å²) in [7, 11) is 0. The number of ether oxygens (including phenoxy) is 2. The normalized spacial score (nSPS) is 15.7. The molecule has 1 atom stereocenters. The van der Waals surface area contributed by atoms with Crippen LogP contribution in [0.3, 0.4) is 0 Å². The summed E-state index contributed by atoms with van der Waals surface area (Å²) < 4.78 is 12.9. The van der Waals surface area contributed by atoms with Gasteiger partial charge in [-0.15, -0.1) is 0 Å². The average Bonchev–Trinajstić information content (AvgIpc) is 3.10. The molecule has 0 radical (unpaired) electrons. The molecule has 7 nitrogen and oxygen atoms in total. The molecule has 0 amide bonds. The minimum Gasteiger partial charge on any atom is -0.508 e. The van der Waals surface area contributed by atoms with Crippen LogP contribution in [0.5, 0.6) is 11.5 Å². The van der Waals surface area contributed by atoms with Crippen LogP contribution in [0, 0.1) is 0 Å². The topological polar surface area (TPSA) is 90.1 Å². The van der Waals surface area contributed by atoms with Gasteiger partial charge in [0.15, 0.2) is 4.80 Å². The second kappa shape index (κ2) is 9.46. The first-order valence-corrected chi connectivity index (χ1v) is 11.5. The van der Waals surface area contributed by atoms with E-state index in [1.165, 1.54) is 11.3 Å². The van der Waals surface area contributed by atoms with Crippen LogP contribution in [-0.2, 0) is 9.53 Å². The van der Waals surface area contributed by atoms with Gasteiger partial charge >= 0.3 is 5.97 Å². The van der Waals surface area contributed by atoms with Crippen molar-refractivity contribution in [2.75, 3.05) is 13.2 Å². The van der Waals surface area contributed by atoms with Crippen molar-refractivity contribution in [1.82, 2.24) is 4.57 Å². The number of carbonyl (C=O) groups is 1. The monoisotopic (exact) mass is 464 g/mol. The van der Waals surface area contributed by atoms with E-state index in [0.717, 1.165) is 11.1 Å². The Morgan fingerprint density at radius 3 is 2.45 bits per heavy atom. The second-order valence-electron chi connectivity index (χ2n) is 7.40. The zero-order chi connectivity index (χ0) is 23.5. The van der Waals surface area contributed by atoms with Crippen molar-refractivity contribution in [1.29, 1.82) is 0 Å². The lowest BCUT2D eigenvalue weighted by atomic mass is 9.96. The van der Waals surface area contributed by atoms with Crippen LogP contribution in [-0.4, -0.2) is 28.9 Å². The van der Waals surface area contributed by atoms with E-state index in [0.29, 0.717) is 33.0 Å². The molecule has 1 aliphatic heterocycles. The van der Waals surface area contributed by atoms with Gasteiger partial charge in [-0.3, -0.25) is 9.36 Å². The van der Waals surface area contributed by atoms with Gasteiger partial charge in [-0.25, -0.2) is 9.79 Å². The highest BCUT2D eigenvalue weighted by Crippen LogP contribution is 2.31. The number of aromatic nitrogens is 1. The molecule has 0 fully saturated rings. The highest BCUT2D eigenvalue weighted by molar-refractivity contribution is 7.07. The lowest BCUT2D eigenvalue weighted by Gasteiger charge is -2.24. The zero-order valence-corrected chi connectivity index (χ0v) is 19.4. The predicted molar refractivity (Wildman–Crippen MR) is 126 cm³/mol. The van der Waals surface area contributed by atoms with Crippen LogP contribution in [0.25, 0.3) is 6.08 Å². The van der Waals surface area contributed by atoms with Gasteiger partial charge in [-0.1, -0.05) is 35.6 Å². The van der Waals surface area contributed by atoms with Gasteiger partial charge in [0.25, 0.3) is 5.56 Å². The van der Waals surface area contributed by atoms with Crippen molar-refractivity contribution in [3.05, 3.63) is 90.6 Å². The Morgan fingerprint density at radius 2 is 1.82 bits per heavy atom. The van der Waals surface area contributed by atoms with Gasteiger partial charge in [0, 0.05) is 0 Å². The fraction of sp³-hybridized carbons (Fsp3) is 0.240. The molecule has 0 spiro atoms. The standard InChI is InChI=1S/C25H24N2O5S/c1-4-31-19-12-8-17(9-13-19)22-21(24(30)32-5-2)15(3)26-25-27(22)23(29)20(33-25)14-16-6-10-18(28)11-7-16/h6-14,22,28H,4-5H2,1-3H3/b20-14+. The molecule has 0 aliphatic carbocycles. The molecule has 1 N–H and O–H groups in total. The minimum atomic E-state index is -0.669. The molecule has 3 aromatic rings. The summed E-state index contributed by atoms with van der Waals surface area (Å²) in [6.07, 6.45) is 1.75. The first kappa shape index (κ1) is 22.5. The van der Waals surface area contributed by atoms with E-state index < -0.39 is 12.0 Å². The van der Waals surface area contributed by atoms with Gasteiger partial charge in [-0.05, 0) is 62.2 Å². The van der Waals surface area contributed by atoms with E-state index >= 15 is 0 Å². The maximum Gasteiger partial charge on any atom is 0.338 e. The van der Waals surface area contributed by atoms with Crippen molar-refractivity contribution in [3.8, 4) is 11.5 Å². The molecule has 1 unspecified atom stereocenters. The predicted octanol–water partition coefficient (Wildman–Crippen LogP) is 2.90. The number of allylic oxidation sites excluding steroid dienone is 1. The van der Waals surface area contributed by atoms with Crippen molar-refractivity contribution in [3.63, 3.8) is 0 Å². The van der Waals surface area contributed by atoms with Gasteiger partial charge in [-0.2, -0.15) is 0 Å². The summed E-state index contributed by atoms with van der Waals surface area (Å²) in [6.45, 7) is 6.17. The Bertz CT molecular complexity index is 1380. The van der Waals surface area contributed by atoms with Crippen LogP contribution in [0.15, 0.2) is 69.6 Å². The smallest absolute Gasteiger partial charge is 0.338 e. The van der Waals surface area contributed by atoms with Gasteiger partial charge in [0.2, 0.25) is 0 Å². The molecule has 1 aromatic heterocycles. The summed E-state index contributed by atoms with van der Waals surface area (Å²) >= 11 is 1.26. The Labute approximate surface area is 194 Å². The number of nitrogens with zero attached hydrogens (tertiary/aromatic N) is 2. The third-order valence-electron chi connectivity index (χ3n) is 5.21. The molecule has 0 bridgehead atoms. The summed E-state index contributed by atoms with van der Waals surface area (Å²) in [5.41, 5.74) is 2.14. The third kappa shape index (κ3) is 4.47. The first-order valence-electron chi connectivity index (χ1n) is 10.6. The van der Waals surface area contributed by atoms with Crippen molar-refractivity contribution >= 4 is 23.4 Å². The largest absolute Gasteiger partial charge is 0.508 e. The maximum absolute atomic E-state index is 13.5. The number of thiazole rings is 1. The lowest BCUT2D eigenvalue weighted by Crippen LogP contribution is -2.39. The van der Waals surface area contributed by atoms with E-state index in [9.17, 15) is 14.7 Å². The van der Waals surface area contributed by atoms with Crippen LogP contribution in [0.4, 0.5) is 0 Å². The summed E-state index contributed by atoms with van der Waals surface area (Å²) in [6, 6.07) is 13.3. The quantitative estimate of drug-likeness (QED) is 0.567. The molecule has 33 heavy (non-hydrogen) atoms. The Hall–Kier alpha value is -3.65. The molecular formula is C25H24N2O5S. The Morgan fingerprint density at radius 1 is 1.12 bits per heavy atom. The SMILES string of the molecule is CCOC(=O)C1=C(C)N=c2s/c(=C/c3ccc(O)cc3)c(=O)n2C1c1ccc(OCC)cc1. The highest BCUT2D eigenvalue weighted by atomic mass is 32.1. The molecular weight excluding hydrogens is 440 g/mol. The molecule has 2 aromatic carbocycles. The Balaban J connectivity index is 1.90. The van der Waals surface area contributed by atoms with E-state index in [2.05, 4.69) is 4.99 Å². The van der Waals surface area contributed by atoms with Crippen molar-refractivity contribution < 1.29 is 19.4 Å². The second-order valence-corrected chi connectivity index (χ2v) is 8.40. The molecule has 4 rings (SSSR count). The molecule has 0 saturated carbocycles. The number of esters is 1. The number of benzene rings is 2. The number of hydrogen-bond donors (Lipinski definition) is 1. The number of phenolic OH excluding ortho intramolecular Hbond substituents is 1.